The lowest BCUT2D eigenvalue weighted by molar-refractivity contribution is -0.00000578. The highest BCUT2D eigenvalue weighted by Gasteiger charge is 2.12. The van der Waals surface area contributed by atoms with Crippen molar-refractivity contribution in [2.75, 3.05) is 7.11 Å². The van der Waals surface area contributed by atoms with Crippen LogP contribution in [0.15, 0.2) is 52.5 Å². The third-order valence-corrected chi connectivity index (χ3v) is 4.57. The lowest BCUT2D eigenvalue weighted by atomic mass is 10.2. The maximum atomic E-state index is 6.38. The maximum Gasteiger partial charge on any atom is 0.180 e. The van der Waals surface area contributed by atoms with Crippen LogP contribution in [-0.2, 0) is 19.7 Å². The van der Waals surface area contributed by atoms with Gasteiger partial charge in [-0.2, -0.15) is 0 Å². The molecule has 1 N–H and O–H groups in total. The van der Waals surface area contributed by atoms with Gasteiger partial charge in [-0.05, 0) is 41.3 Å². The lowest BCUT2D eigenvalue weighted by Gasteiger charge is -2.14. The second-order valence-corrected chi connectivity index (χ2v) is 6.60. The van der Waals surface area contributed by atoms with Gasteiger partial charge in [-0.1, -0.05) is 17.7 Å². The van der Waals surface area contributed by atoms with Crippen molar-refractivity contribution in [3.05, 3.63) is 69.3 Å². The van der Waals surface area contributed by atoms with E-state index in [0.717, 1.165) is 16.2 Å². The van der Waals surface area contributed by atoms with Crippen LogP contribution in [0.4, 0.5) is 0 Å². The van der Waals surface area contributed by atoms with Crippen LogP contribution in [0.5, 0.6) is 11.5 Å². The summed E-state index contributed by atoms with van der Waals surface area (Å²) in [5.74, 6) is 2.10. The molecule has 0 aliphatic heterocycles. The van der Waals surface area contributed by atoms with E-state index in [0.29, 0.717) is 36.2 Å². The molecule has 0 atom stereocenters. The minimum Gasteiger partial charge on any atom is -1.00 e. The maximum absolute atomic E-state index is 6.38. The van der Waals surface area contributed by atoms with Crippen molar-refractivity contribution in [1.82, 2.24) is 5.32 Å². The molecule has 0 unspecified atom stereocenters. The van der Waals surface area contributed by atoms with Crippen molar-refractivity contribution >= 4 is 22.9 Å². The Hall–Kier alpha value is -1.66. The summed E-state index contributed by atoms with van der Waals surface area (Å²) in [4.78, 5) is 1.14. The van der Waals surface area contributed by atoms with Gasteiger partial charge >= 0.3 is 0 Å². The summed E-state index contributed by atoms with van der Waals surface area (Å²) in [7, 11) is 1.61. The molecule has 2 aromatic heterocycles. The molecule has 4 nitrogen and oxygen atoms in total. The van der Waals surface area contributed by atoms with Gasteiger partial charge in [0.05, 0.1) is 24.9 Å². The number of nitrogens with one attached hydrogen (secondary N) is 1. The van der Waals surface area contributed by atoms with E-state index in [2.05, 4.69) is 5.32 Å². The summed E-state index contributed by atoms with van der Waals surface area (Å²) < 4.78 is 16.6. The van der Waals surface area contributed by atoms with Crippen LogP contribution < -0.4 is 27.2 Å². The summed E-state index contributed by atoms with van der Waals surface area (Å²) in [6, 6.07) is 11.7. The van der Waals surface area contributed by atoms with E-state index in [9.17, 15) is 0 Å². The van der Waals surface area contributed by atoms with Crippen LogP contribution in [-0.4, -0.2) is 7.11 Å². The predicted octanol–water partition coefficient (Wildman–Crippen LogP) is 1.88. The Morgan fingerprint density at radius 3 is 2.76 bits per heavy atom. The smallest absolute Gasteiger partial charge is 0.180 e. The molecule has 2 heterocycles. The molecule has 0 bridgehead atoms. The predicted molar refractivity (Wildman–Crippen MR) is 95.9 cm³/mol. The van der Waals surface area contributed by atoms with Crippen molar-refractivity contribution in [2.24, 2.45) is 0 Å². The van der Waals surface area contributed by atoms with Gasteiger partial charge in [-0.3, -0.25) is 0 Å². The fourth-order valence-electron chi connectivity index (χ4n) is 2.30. The second-order valence-electron chi connectivity index (χ2n) is 5.16. The Balaban J connectivity index is 0.00000225. The number of methoxy groups -OCH3 is 1. The molecule has 0 saturated heterocycles. The molecular weight excluding hydrogens is 381 g/mol. The van der Waals surface area contributed by atoms with E-state index in [-0.39, 0.29) is 12.4 Å². The van der Waals surface area contributed by atoms with E-state index >= 15 is 0 Å². The van der Waals surface area contributed by atoms with Gasteiger partial charge in [0.1, 0.15) is 12.4 Å². The molecule has 3 rings (SSSR count). The third kappa shape index (κ3) is 5.41. The van der Waals surface area contributed by atoms with E-state index in [1.165, 1.54) is 0 Å². The summed E-state index contributed by atoms with van der Waals surface area (Å²) in [5, 5.41) is 5.87. The Labute approximate surface area is 162 Å². The fourth-order valence-corrected chi connectivity index (χ4v) is 3.20. The lowest BCUT2D eigenvalue weighted by Crippen LogP contribution is -3.00. The van der Waals surface area contributed by atoms with Gasteiger partial charge < -0.3 is 31.6 Å². The van der Waals surface area contributed by atoms with Crippen LogP contribution in [0.1, 0.15) is 16.2 Å². The Morgan fingerprint density at radius 1 is 1.20 bits per heavy atom. The first-order chi connectivity index (χ1) is 11.8. The molecule has 25 heavy (non-hydrogen) atoms. The SMILES string of the molecule is COc1cc(CNCc2ccco2)cc(Cl)c1OCc1cccs1.[Cl-]. The van der Waals surface area contributed by atoms with Crippen molar-refractivity contribution in [3.8, 4) is 11.5 Å². The zero-order chi connectivity index (χ0) is 16.8. The fraction of sp³-hybridized carbons (Fsp3) is 0.222. The minimum atomic E-state index is 0. The number of hydrogen-bond acceptors (Lipinski definition) is 5. The van der Waals surface area contributed by atoms with E-state index in [1.54, 1.807) is 24.7 Å². The first-order valence-corrected chi connectivity index (χ1v) is 8.76. The molecule has 134 valence electrons. The summed E-state index contributed by atoms with van der Waals surface area (Å²) >= 11 is 8.03. The molecule has 3 aromatic rings. The zero-order valence-electron chi connectivity index (χ0n) is 13.6. The van der Waals surface area contributed by atoms with Crippen LogP contribution in [0.25, 0.3) is 0 Å². The van der Waals surface area contributed by atoms with Crippen molar-refractivity contribution in [1.29, 1.82) is 0 Å². The summed E-state index contributed by atoms with van der Waals surface area (Å²) in [5.41, 5.74) is 1.02. The monoisotopic (exact) mass is 398 g/mol. The average molecular weight is 399 g/mol. The van der Waals surface area contributed by atoms with E-state index < -0.39 is 0 Å². The normalized spacial score (nSPS) is 10.3. The first-order valence-electron chi connectivity index (χ1n) is 7.51. The van der Waals surface area contributed by atoms with Crippen LogP contribution in [0.3, 0.4) is 0 Å². The van der Waals surface area contributed by atoms with Gasteiger partial charge in [0.15, 0.2) is 11.5 Å². The van der Waals surface area contributed by atoms with Crippen LogP contribution >= 0.6 is 22.9 Å². The Kier molecular flexibility index (Phi) is 7.65. The van der Waals surface area contributed by atoms with Gasteiger partial charge in [0.2, 0.25) is 0 Å². The molecule has 0 radical (unpaired) electrons. The third-order valence-electron chi connectivity index (χ3n) is 3.44. The van der Waals surface area contributed by atoms with Gasteiger partial charge in [0.25, 0.3) is 0 Å². The second kappa shape index (κ2) is 9.73. The van der Waals surface area contributed by atoms with Gasteiger partial charge in [-0.25, -0.2) is 0 Å². The number of halogens is 2. The summed E-state index contributed by atoms with van der Waals surface area (Å²) in [6.45, 7) is 1.79. The zero-order valence-corrected chi connectivity index (χ0v) is 16.0. The van der Waals surface area contributed by atoms with Crippen LogP contribution in [0.2, 0.25) is 5.02 Å². The van der Waals surface area contributed by atoms with Crippen molar-refractivity contribution < 1.29 is 26.3 Å². The molecule has 0 aliphatic carbocycles. The topological polar surface area (TPSA) is 43.6 Å². The first kappa shape index (κ1) is 19.7. The largest absolute Gasteiger partial charge is 1.00 e. The molecular formula is C18H18Cl2NO3S-. The number of thiophene rings is 1. The highest BCUT2D eigenvalue weighted by atomic mass is 35.5. The van der Waals surface area contributed by atoms with Crippen molar-refractivity contribution in [3.63, 3.8) is 0 Å². The van der Waals surface area contributed by atoms with E-state index in [4.69, 9.17) is 25.5 Å². The summed E-state index contributed by atoms with van der Waals surface area (Å²) in [6.07, 6.45) is 1.66. The molecule has 1 aromatic carbocycles. The number of ether oxygens (including phenoxy) is 2. The highest BCUT2D eigenvalue weighted by Crippen LogP contribution is 2.37. The molecule has 0 fully saturated rings. The molecule has 7 heteroatoms. The Bertz CT molecular complexity index is 761. The molecule has 0 spiro atoms. The standard InChI is InChI=1S/C18H18ClNO3S.ClH/c1-21-17-9-13(10-20-11-14-4-2-6-22-14)8-16(19)18(17)23-12-15-5-3-7-24-15;/h2-9,20H,10-12H2,1H3;1H/p-1. The number of rotatable bonds is 8. The van der Waals surface area contributed by atoms with Gasteiger partial charge in [-0.15, -0.1) is 11.3 Å². The number of furan rings is 1. The number of benzene rings is 1. The average Bonchev–Trinajstić information content (AvgIpc) is 3.27. The van der Waals surface area contributed by atoms with Crippen LogP contribution in [0, 0.1) is 0 Å². The van der Waals surface area contributed by atoms with E-state index in [1.807, 2.05) is 41.8 Å². The molecule has 0 saturated carbocycles. The van der Waals surface area contributed by atoms with Crippen molar-refractivity contribution in [2.45, 2.75) is 19.7 Å². The molecule has 0 aliphatic rings. The molecule has 0 amide bonds. The highest BCUT2D eigenvalue weighted by molar-refractivity contribution is 7.09. The Morgan fingerprint density at radius 2 is 2.08 bits per heavy atom. The quantitative estimate of drug-likeness (QED) is 0.628. The minimum absolute atomic E-state index is 0. The number of hydrogen-bond donors (Lipinski definition) is 1. The van der Waals surface area contributed by atoms with Gasteiger partial charge in [0, 0.05) is 11.4 Å².